The number of hydrogen-bond acceptors (Lipinski definition) is 3. The Morgan fingerprint density at radius 2 is 2.36 bits per heavy atom. The summed E-state index contributed by atoms with van der Waals surface area (Å²) in [5.74, 6) is 1.54. The minimum absolute atomic E-state index is 0.100. The fourth-order valence-corrected chi connectivity index (χ4v) is 2.30. The molecular formula is C10H18ClNO2. The molecule has 1 aliphatic heterocycles. The van der Waals surface area contributed by atoms with E-state index in [1.807, 2.05) is 0 Å². The molecule has 0 radical (unpaired) electrons. The van der Waals surface area contributed by atoms with Crippen LogP contribution in [0.1, 0.15) is 19.3 Å². The van der Waals surface area contributed by atoms with Gasteiger partial charge in [-0.2, -0.15) is 0 Å². The Morgan fingerprint density at radius 1 is 1.57 bits per heavy atom. The minimum atomic E-state index is -0.100. The first-order valence-electron chi connectivity index (χ1n) is 5.11. The van der Waals surface area contributed by atoms with Gasteiger partial charge in [0.25, 0.3) is 0 Å². The monoisotopic (exact) mass is 219 g/mol. The van der Waals surface area contributed by atoms with Gasteiger partial charge in [0.2, 0.25) is 0 Å². The first-order valence-corrected chi connectivity index (χ1v) is 5.65. The quantitative estimate of drug-likeness (QED) is 0.574. The van der Waals surface area contributed by atoms with Gasteiger partial charge in [0.15, 0.2) is 0 Å². The molecule has 1 rings (SSSR count). The van der Waals surface area contributed by atoms with Crippen molar-refractivity contribution in [2.45, 2.75) is 19.3 Å². The summed E-state index contributed by atoms with van der Waals surface area (Å²) in [7, 11) is 1.44. The first kappa shape index (κ1) is 11.8. The van der Waals surface area contributed by atoms with Crippen molar-refractivity contribution in [1.82, 2.24) is 5.32 Å². The van der Waals surface area contributed by atoms with Gasteiger partial charge in [0, 0.05) is 12.3 Å². The van der Waals surface area contributed by atoms with Crippen LogP contribution in [0.2, 0.25) is 0 Å². The van der Waals surface area contributed by atoms with Crippen LogP contribution >= 0.6 is 11.6 Å². The lowest BCUT2D eigenvalue weighted by Gasteiger charge is -2.31. The highest BCUT2D eigenvalue weighted by Gasteiger charge is 2.26. The third-order valence-electron chi connectivity index (χ3n) is 2.90. The van der Waals surface area contributed by atoms with E-state index in [2.05, 4.69) is 10.1 Å². The first-order chi connectivity index (χ1) is 6.77. The zero-order valence-corrected chi connectivity index (χ0v) is 9.35. The molecule has 1 aliphatic rings. The Hall–Kier alpha value is -0.280. The molecule has 1 saturated heterocycles. The van der Waals surface area contributed by atoms with E-state index in [-0.39, 0.29) is 5.97 Å². The summed E-state index contributed by atoms with van der Waals surface area (Å²) < 4.78 is 4.69. The molecule has 0 aromatic rings. The van der Waals surface area contributed by atoms with Crippen LogP contribution < -0.4 is 5.32 Å². The molecule has 0 aromatic heterocycles. The summed E-state index contributed by atoms with van der Waals surface area (Å²) >= 11 is 5.73. The maximum atomic E-state index is 11.2. The number of methoxy groups -OCH3 is 1. The zero-order chi connectivity index (χ0) is 10.4. The summed E-state index contributed by atoms with van der Waals surface area (Å²) in [6.45, 7) is 1.98. The molecule has 1 fully saturated rings. The lowest BCUT2D eigenvalue weighted by atomic mass is 9.82. The van der Waals surface area contributed by atoms with Crippen LogP contribution in [-0.2, 0) is 9.53 Å². The van der Waals surface area contributed by atoms with Crippen LogP contribution in [0.25, 0.3) is 0 Å². The summed E-state index contributed by atoms with van der Waals surface area (Å²) in [5.41, 5.74) is 0. The molecule has 0 unspecified atom stereocenters. The molecule has 0 amide bonds. The second-order valence-corrected chi connectivity index (χ2v) is 4.15. The van der Waals surface area contributed by atoms with E-state index in [9.17, 15) is 4.79 Å². The molecule has 4 heteroatoms. The number of rotatable bonds is 4. The third-order valence-corrected chi connectivity index (χ3v) is 3.12. The molecule has 0 aromatic carbocycles. The summed E-state index contributed by atoms with van der Waals surface area (Å²) in [4.78, 5) is 11.2. The van der Waals surface area contributed by atoms with E-state index in [1.165, 1.54) is 7.11 Å². The van der Waals surface area contributed by atoms with Crippen LogP contribution in [0, 0.1) is 11.8 Å². The van der Waals surface area contributed by atoms with E-state index in [0.29, 0.717) is 24.1 Å². The Morgan fingerprint density at radius 3 is 3.00 bits per heavy atom. The molecule has 0 aliphatic carbocycles. The highest BCUT2D eigenvalue weighted by Crippen LogP contribution is 2.26. The molecule has 0 saturated carbocycles. The van der Waals surface area contributed by atoms with Gasteiger partial charge in [-0.1, -0.05) is 0 Å². The molecule has 82 valence electrons. The normalized spacial score (nSPS) is 27.3. The number of carbonyl (C=O) groups excluding carboxylic acids is 1. The Balaban J connectivity index is 2.41. The average molecular weight is 220 g/mol. The highest BCUT2D eigenvalue weighted by molar-refractivity contribution is 6.17. The number of halogens is 1. The van der Waals surface area contributed by atoms with Crippen LogP contribution in [-0.4, -0.2) is 32.0 Å². The van der Waals surface area contributed by atoms with Crippen molar-refractivity contribution >= 4 is 17.6 Å². The second kappa shape index (κ2) is 6.25. The lowest BCUT2D eigenvalue weighted by molar-refractivity contribution is -0.142. The smallest absolute Gasteiger partial charge is 0.305 e. The van der Waals surface area contributed by atoms with Crippen molar-refractivity contribution in [3.63, 3.8) is 0 Å². The van der Waals surface area contributed by atoms with Crippen LogP contribution in [0.5, 0.6) is 0 Å². The van der Waals surface area contributed by atoms with Crippen molar-refractivity contribution in [1.29, 1.82) is 0 Å². The van der Waals surface area contributed by atoms with Crippen molar-refractivity contribution in [2.24, 2.45) is 11.8 Å². The molecule has 2 atom stereocenters. The molecule has 0 spiro atoms. The summed E-state index contributed by atoms with van der Waals surface area (Å²) in [5, 5.41) is 3.33. The average Bonchev–Trinajstić information content (AvgIpc) is 2.21. The predicted octanol–water partition coefficient (Wildman–Crippen LogP) is 1.40. The van der Waals surface area contributed by atoms with Crippen molar-refractivity contribution in [3.05, 3.63) is 0 Å². The standard InChI is InChI=1S/C10H18ClNO2/c1-14-10(13)6-8-3-5-12-7-9(8)2-4-11/h8-9,12H,2-7H2,1H3/t8-,9-/m1/s1. The van der Waals surface area contributed by atoms with Gasteiger partial charge in [-0.05, 0) is 37.8 Å². The maximum absolute atomic E-state index is 11.2. The molecule has 1 heterocycles. The third kappa shape index (κ3) is 3.46. The molecule has 1 N–H and O–H groups in total. The molecular weight excluding hydrogens is 202 g/mol. The number of alkyl halides is 1. The fraction of sp³-hybridized carbons (Fsp3) is 0.900. The van der Waals surface area contributed by atoms with Crippen molar-refractivity contribution < 1.29 is 9.53 Å². The van der Waals surface area contributed by atoms with Gasteiger partial charge in [-0.15, -0.1) is 11.6 Å². The van der Waals surface area contributed by atoms with Crippen molar-refractivity contribution in [2.75, 3.05) is 26.1 Å². The summed E-state index contributed by atoms with van der Waals surface area (Å²) in [6, 6.07) is 0. The Bertz CT molecular complexity index is 185. The molecule has 3 nitrogen and oxygen atoms in total. The summed E-state index contributed by atoms with van der Waals surface area (Å²) in [6.07, 6.45) is 2.58. The number of hydrogen-bond donors (Lipinski definition) is 1. The van der Waals surface area contributed by atoms with E-state index in [1.54, 1.807) is 0 Å². The van der Waals surface area contributed by atoms with Crippen LogP contribution in [0.3, 0.4) is 0 Å². The minimum Gasteiger partial charge on any atom is -0.469 e. The maximum Gasteiger partial charge on any atom is 0.305 e. The predicted molar refractivity (Wildman–Crippen MR) is 56.4 cm³/mol. The van der Waals surface area contributed by atoms with Gasteiger partial charge in [-0.25, -0.2) is 0 Å². The SMILES string of the molecule is COC(=O)C[C@H]1CCNC[C@H]1CCCl. The van der Waals surface area contributed by atoms with Crippen molar-refractivity contribution in [3.8, 4) is 0 Å². The zero-order valence-electron chi connectivity index (χ0n) is 8.59. The van der Waals surface area contributed by atoms with E-state index >= 15 is 0 Å². The number of piperidine rings is 1. The Kier molecular flexibility index (Phi) is 5.26. The molecule has 14 heavy (non-hydrogen) atoms. The lowest BCUT2D eigenvalue weighted by Crippen LogP contribution is -2.37. The van der Waals surface area contributed by atoms with E-state index < -0.39 is 0 Å². The fourth-order valence-electron chi connectivity index (χ4n) is 2.02. The van der Waals surface area contributed by atoms with Gasteiger partial charge >= 0.3 is 5.97 Å². The number of ether oxygens (including phenoxy) is 1. The second-order valence-electron chi connectivity index (χ2n) is 3.77. The number of carbonyl (C=O) groups is 1. The van der Waals surface area contributed by atoms with Gasteiger partial charge in [-0.3, -0.25) is 4.79 Å². The van der Waals surface area contributed by atoms with E-state index in [4.69, 9.17) is 11.6 Å². The number of nitrogens with one attached hydrogen (secondary N) is 1. The van der Waals surface area contributed by atoms with Gasteiger partial charge in [0.1, 0.15) is 0 Å². The van der Waals surface area contributed by atoms with Gasteiger partial charge in [0.05, 0.1) is 7.11 Å². The van der Waals surface area contributed by atoms with Gasteiger partial charge < -0.3 is 10.1 Å². The number of esters is 1. The van der Waals surface area contributed by atoms with Crippen LogP contribution in [0.4, 0.5) is 0 Å². The topological polar surface area (TPSA) is 38.3 Å². The van der Waals surface area contributed by atoms with Crippen LogP contribution in [0.15, 0.2) is 0 Å². The van der Waals surface area contributed by atoms with E-state index in [0.717, 1.165) is 25.9 Å². The largest absolute Gasteiger partial charge is 0.469 e. The molecule has 0 bridgehead atoms. The highest BCUT2D eigenvalue weighted by atomic mass is 35.5. The Labute approximate surface area is 90.1 Å².